The van der Waals surface area contributed by atoms with Crippen LogP contribution >= 0.6 is 0 Å². The molecule has 1 aromatic rings. The number of nitrogens with zero attached hydrogens (tertiary/aromatic N) is 3. The van der Waals surface area contributed by atoms with Gasteiger partial charge >= 0.3 is 6.09 Å². The zero-order chi connectivity index (χ0) is 17.9. The Hall–Kier alpha value is -2.05. The first kappa shape index (κ1) is 17.8. The Labute approximate surface area is 148 Å². The lowest BCUT2D eigenvalue weighted by molar-refractivity contribution is -0.139. The number of nitrogens with one attached hydrogen (secondary N) is 1. The Bertz CT molecular complexity index is 591. The van der Waals surface area contributed by atoms with Crippen LogP contribution in [0.1, 0.15) is 45.2 Å². The minimum atomic E-state index is -0.215. The monoisotopic (exact) mass is 348 g/mol. The van der Waals surface area contributed by atoms with Crippen molar-refractivity contribution in [2.24, 2.45) is 5.41 Å². The quantitative estimate of drug-likeness (QED) is 0.905. The largest absolute Gasteiger partial charge is 0.447 e. The maximum Gasteiger partial charge on any atom is 0.410 e. The molecule has 3 heterocycles. The average Bonchev–Trinajstić information content (AvgIpc) is 3.09. The minimum Gasteiger partial charge on any atom is -0.447 e. The van der Waals surface area contributed by atoms with Crippen molar-refractivity contribution < 1.29 is 14.3 Å². The summed E-state index contributed by atoms with van der Waals surface area (Å²) in [6.07, 6.45) is 7.39. The van der Waals surface area contributed by atoms with Gasteiger partial charge in [0.25, 0.3) is 0 Å². The molecule has 1 spiro atoms. The van der Waals surface area contributed by atoms with E-state index < -0.39 is 0 Å². The summed E-state index contributed by atoms with van der Waals surface area (Å²) in [6.45, 7) is 6.69. The molecule has 2 amide bonds. The first-order valence-electron chi connectivity index (χ1n) is 9.18. The lowest BCUT2D eigenvalue weighted by Crippen LogP contribution is -2.52. The Morgan fingerprint density at radius 2 is 2.12 bits per heavy atom. The second kappa shape index (κ2) is 7.45. The van der Waals surface area contributed by atoms with E-state index in [0.29, 0.717) is 19.5 Å². The standard InChI is InChI=1S/C18H28N4O3/c1-14(2)25-17(24)21-9-6-18(7-10-21)5-3-16(23)22(12-18)8-4-15-11-19-13-20-15/h11,13-14H,3-10,12H2,1-2H3,(H,19,20). The average molecular weight is 348 g/mol. The molecular weight excluding hydrogens is 320 g/mol. The summed E-state index contributed by atoms with van der Waals surface area (Å²) in [5.41, 5.74) is 1.20. The predicted octanol–water partition coefficient (Wildman–Crippen LogP) is 2.20. The lowest BCUT2D eigenvalue weighted by atomic mass is 9.72. The highest BCUT2D eigenvalue weighted by atomic mass is 16.6. The van der Waals surface area contributed by atoms with Gasteiger partial charge in [0.05, 0.1) is 12.4 Å². The highest BCUT2D eigenvalue weighted by Gasteiger charge is 2.41. The van der Waals surface area contributed by atoms with Crippen LogP contribution in [0.25, 0.3) is 0 Å². The Morgan fingerprint density at radius 1 is 1.36 bits per heavy atom. The van der Waals surface area contributed by atoms with Crippen molar-refractivity contribution in [3.63, 3.8) is 0 Å². The molecular formula is C18H28N4O3. The molecule has 2 saturated heterocycles. The van der Waals surface area contributed by atoms with Gasteiger partial charge in [-0.1, -0.05) is 0 Å². The molecule has 0 unspecified atom stereocenters. The van der Waals surface area contributed by atoms with Gasteiger partial charge in [-0.2, -0.15) is 0 Å². The molecule has 2 aliphatic heterocycles. The van der Waals surface area contributed by atoms with Crippen LogP contribution in [-0.2, 0) is 16.0 Å². The molecule has 2 fully saturated rings. The molecule has 3 rings (SSSR count). The van der Waals surface area contributed by atoms with Crippen molar-refractivity contribution in [1.82, 2.24) is 19.8 Å². The van der Waals surface area contributed by atoms with Crippen LogP contribution < -0.4 is 0 Å². The summed E-state index contributed by atoms with van der Waals surface area (Å²) < 4.78 is 5.30. The summed E-state index contributed by atoms with van der Waals surface area (Å²) in [6, 6.07) is 0. The number of ether oxygens (including phenoxy) is 1. The fourth-order valence-electron chi connectivity index (χ4n) is 3.83. The maximum atomic E-state index is 12.3. The van der Waals surface area contributed by atoms with Gasteiger partial charge in [0.2, 0.25) is 5.91 Å². The SMILES string of the molecule is CC(C)OC(=O)N1CCC2(CCC(=O)N(CCc3cnc[nH]3)C2)CC1. The van der Waals surface area contributed by atoms with Gasteiger partial charge < -0.3 is 19.5 Å². The lowest BCUT2D eigenvalue weighted by Gasteiger charge is -2.47. The third-order valence-electron chi connectivity index (χ3n) is 5.37. The van der Waals surface area contributed by atoms with E-state index in [4.69, 9.17) is 4.74 Å². The number of hydrogen-bond donors (Lipinski definition) is 1. The highest BCUT2D eigenvalue weighted by Crippen LogP contribution is 2.40. The number of aromatic amines is 1. The van der Waals surface area contributed by atoms with E-state index in [9.17, 15) is 9.59 Å². The van der Waals surface area contributed by atoms with E-state index in [1.165, 1.54) is 0 Å². The molecule has 0 saturated carbocycles. The van der Waals surface area contributed by atoms with Crippen molar-refractivity contribution >= 4 is 12.0 Å². The summed E-state index contributed by atoms with van der Waals surface area (Å²) in [5, 5.41) is 0. The molecule has 0 aliphatic carbocycles. The zero-order valence-electron chi connectivity index (χ0n) is 15.2. The van der Waals surface area contributed by atoms with E-state index in [-0.39, 0.29) is 23.5 Å². The maximum absolute atomic E-state index is 12.3. The number of carbonyl (C=O) groups is 2. The third kappa shape index (κ3) is 4.32. The number of likely N-dealkylation sites (tertiary alicyclic amines) is 2. The van der Waals surface area contributed by atoms with Gasteiger partial charge in [-0.25, -0.2) is 9.78 Å². The van der Waals surface area contributed by atoms with Crippen LogP contribution in [0.5, 0.6) is 0 Å². The van der Waals surface area contributed by atoms with Gasteiger partial charge in [0, 0.05) is 50.9 Å². The number of amides is 2. The van der Waals surface area contributed by atoms with Crippen molar-refractivity contribution in [1.29, 1.82) is 0 Å². The fourth-order valence-corrected chi connectivity index (χ4v) is 3.83. The Balaban J connectivity index is 1.54. The van der Waals surface area contributed by atoms with Crippen LogP contribution in [0.2, 0.25) is 0 Å². The number of aromatic nitrogens is 2. The van der Waals surface area contributed by atoms with Crippen LogP contribution in [0, 0.1) is 5.41 Å². The highest BCUT2D eigenvalue weighted by molar-refractivity contribution is 5.77. The van der Waals surface area contributed by atoms with Crippen molar-refractivity contribution in [2.75, 3.05) is 26.2 Å². The molecule has 7 nitrogen and oxygen atoms in total. The molecule has 0 bridgehead atoms. The van der Waals surface area contributed by atoms with Crippen LogP contribution in [0.3, 0.4) is 0 Å². The van der Waals surface area contributed by atoms with Crippen LogP contribution in [-0.4, -0.2) is 64.1 Å². The van der Waals surface area contributed by atoms with Gasteiger partial charge in [-0.05, 0) is 38.5 Å². The van der Waals surface area contributed by atoms with Gasteiger partial charge in [0.15, 0.2) is 0 Å². The van der Waals surface area contributed by atoms with Crippen molar-refractivity contribution in [3.05, 3.63) is 18.2 Å². The first-order chi connectivity index (χ1) is 12.0. The van der Waals surface area contributed by atoms with Crippen LogP contribution in [0.4, 0.5) is 4.79 Å². The van der Waals surface area contributed by atoms with E-state index >= 15 is 0 Å². The van der Waals surface area contributed by atoms with Crippen LogP contribution in [0.15, 0.2) is 12.5 Å². The first-order valence-corrected chi connectivity index (χ1v) is 9.18. The number of rotatable bonds is 4. The number of piperidine rings is 2. The molecule has 0 radical (unpaired) electrons. The summed E-state index contributed by atoms with van der Waals surface area (Å²) in [7, 11) is 0. The molecule has 1 N–H and O–H groups in total. The van der Waals surface area contributed by atoms with E-state index in [0.717, 1.165) is 44.5 Å². The van der Waals surface area contributed by atoms with Gasteiger partial charge in [-0.3, -0.25) is 4.79 Å². The molecule has 1 aromatic heterocycles. The molecule has 0 atom stereocenters. The third-order valence-corrected chi connectivity index (χ3v) is 5.37. The Kier molecular flexibility index (Phi) is 5.30. The predicted molar refractivity (Wildman–Crippen MR) is 93.0 cm³/mol. The fraction of sp³-hybridized carbons (Fsp3) is 0.722. The second-order valence-corrected chi connectivity index (χ2v) is 7.56. The topological polar surface area (TPSA) is 78.5 Å². The second-order valence-electron chi connectivity index (χ2n) is 7.56. The number of H-pyrrole nitrogens is 1. The molecule has 138 valence electrons. The van der Waals surface area contributed by atoms with E-state index in [1.54, 1.807) is 11.2 Å². The molecule has 2 aliphatic rings. The van der Waals surface area contributed by atoms with E-state index in [2.05, 4.69) is 9.97 Å². The number of carbonyl (C=O) groups excluding carboxylic acids is 2. The number of imidazole rings is 1. The van der Waals surface area contributed by atoms with Gasteiger partial charge in [0.1, 0.15) is 0 Å². The minimum absolute atomic E-state index is 0.0892. The summed E-state index contributed by atoms with van der Waals surface area (Å²) in [5.74, 6) is 0.242. The summed E-state index contributed by atoms with van der Waals surface area (Å²) in [4.78, 5) is 35.3. The zero-order valence-corrected chi connectivity index (χ0v) is 15.2. The summed E-state index contributed by atoms with van der Waals surface area (Å²) >= 11 is 0. The van der Waals surface area contributed by atoms with E-state index in [1.807, 2.05) is 24.9 Å². The van der Waals surface area contributed by atoms with Crippen molar-refractivity contribution in [3.8, 4) is 0 Å². The Morgan fingerprint density at radius 3 is 2.76 bits per heavy atom. The smallest absolute Gasteiger partial charge is 0.410 e. The molecule has 7 heteroatoms. The molecule has 0 aromatic carbocycles. The number of hydrogen-bond acceptors (Lipinski definition) is 4. The van der Waals surface area contributed by atoms with Crippen molar-refractivity contribution in [2.45, 2.75) is 52.1 Å². The normalized spacial score (nSPS) is 20.4. The molecule has 25 heavy (non-hydrogen) atoms. The van der Waals surface area contributed by atoms with Gasteiger partial charge in [-0.15, -0.1) is 0 Å².